The molecule has 0 aliphatic carbocycles. The molecule has 0 amide bonds. The number of rotatable bonds is 3. The van der Waals surface area contributed by atoms with Crippen molar-refractivity contribution in [3.8, 4) is 5.69 Å². The van der Waals surface area contributed by atoms with Gasteiger partial charge in [-0.15, -0.1) is 0 Å². The molecular formula is C27H24Cl2N2O. The number of fused-ring (bicyclic) bond motifs is 1. The average molecular weight is 463 g/mol. The van der Waals surface area contributed by atoms with Crippen molar-refractivity contribution in [1.82, 2.24) is 9.55 Å². The number of aromatic nitrogens is 2. The van der Waals surface area contributed by atoms with Crippen LogP contribution in [-0.2, 0) is 5.41 Å². The predicted molar refractivity (Wildman–Crippen MR) is 136 cm³/mol. The van der Waals surface area contributed by atoms with Crippen molar-refractivity contribution in [2.75, 3.05) is 0 Å². The molecule has 0 radical (unpaired) electrons. The molecule has 3 nitrogen and oxygen atoms in total. The van der Waals surface area contributed by atoms with Gasteiger partial charge in [0.2, 0.25) is 0 Å². The van der Waals surface area contributed by atoms with Crippen molar-refractivity contribution in [2.45, 2.75) is 33.1 Å². The Morgan fingerprint density at radius 2 is 1.66 bits per heavy atom. The number of hydrogen-bond acceptors (Lipinski definition) is 2. The summed E-state index contributed by atoms with van der Waals surface area (Å²) in [6, 6.07) is 19.0. The molecule has 1 aromatic heterocycles. The minimum Gasteiger partial charge on any atom is -0.268 e. The van der Waals surface area contributed by atoms with E-state index in [1.54, 1.807) is 22.8 Å². The van der Waals surface area contributed by atoms with E-state index in [1.165, 1.54) is 5.56 Å². The van der Waals surface area contributed by atoms with E-state index in [-0.39, 0.29) is 11.0 Å². The topological polar surface area (TPSA) is 34.9 Å². The van der Waals surface area contributed by atoms with Crippen molar-refractivity contribution in [1.29, 1.82) is 0 Å². The summed E-state index contributed by atoms with van der Waals surface area (Å²) in [7, 11) is 0. The Morgan fingerprint density at radius 3 is 2.34 bits per heavy atom. The summed E-state index contributed by atoms with van der Waals surface area (Å²) in [6.45, 7) is 8.46. The standard InChI is InChI=1S/C27H24Cl2N2O/c1-17-22(29)6-5-7-24(17)31-25(30-23-16-20(28)13-14-21(23)26(31)32)15-10-18-8-11-19(12-9-18)27(2,3)4/h5-16H,1-4H3/b15-10+. The maximum absolute atomic E-state index is 13.5. The molecule has 0 saturated heterocycles. The van der Waals surface area contributed by atoms with Gasteiger partial charge in [0.05, 0.1) is 16.6 Å². The lowest BCUT2D eigenvalue weighted by Crippen LogP contribution is -2.23. The van der Waals surface area contributed by atoms with Crippen molar-refractivity contribution in [3.05, 3.63) is 104 Å². The van der Waals surface area contributed by atoms with Crippen LogP contribution in [0.1, 0.15) is 43.3 Å². The fraction of sp³-hybridized carbons (Fsp3) is 0.185. The molecule has 0 spiro atoms. The van der Waals surface area contributed by atoms with E-state index in [0.717, 1.165) is 11.1 Å². The van der Waals surface area contributed by atoms with Crippen LogP contribution in [0.3, 0.4) is 0 Å². The highest BCUT2D eigenvalue weighted by molar-refractivity contribution is 6.31. The number of nitrogens with zero attached hydrogens (tertiary/aromatic N) is 2. The summed E-state index contributed by atoms with van der Waals surface area (Å²) in [5.74, 6) is 0.509. The molecule has 4 aromatic rings. The average Bonchev–Trinajstić information content (AvgIpc) is 2.74. The molecule has 0 fully saturated rings. The highest BCUT2D eigenvalue weighted by Gasteiger charge is 2.15. The van der Waals surface area contributed by atoms with E-state index in [1.807, 2.05) is 37.3 Å². The molecule has 5 heteroatoms. The van der Waals surface area contributed by atoms with Crippen molar-refractivity contribution in [2.24, 2.45) is 0 Å². The van der Waals surface area contributed by atoms with Crippen molar-refractivity contribution >= 4 is 46.3 Å². The van der Waals surface area contributed by atoms with Gasteiger partial charge in [-0.25, -0.2) is 4.98 Å². The first-order chi connectivity index (χ1) is 15.1. The Bertz CT molecular complexity index is 1390. The maximum atomic E-state index is 13.5. The first kappa shape index (κ1) is 22.3. The minimum absolute atomic E-state index is 0.0893. The summed E-state index contributed by atoms with van der Waals surface area (Å²) in [4.78, 5) is 18.3. The van der Waals surface area contributed by atoms with Crippen LogP contribution in [0.2, 0.25) is 10.0 Å². The Labute approximate surface area is 198 Å². The van der Waals surface area contributed by atoms with Gasteiger partial charge in [0.15, 0.2) is 0 Å². The molecule has 3 aromatic carbocycles. The van der Waals surface area contributed by atoms with Crippen LogP contribution < -0.4 is 5.56 Å². The smallest absolute Gasteiger partial charge is 0.266 e. The van der Waals surface area contributed by atoms with Gasteiger partial charge in [-0.2, -0.15) is 0 Å². The normalized spacial score (nSPS) is 12.1. The summed E-state index contributed by atoms with van der Waals surface area (Å²) in [6.07, 6.45) is 3.81. The molecule has 0 aliphatic rings. The van der Waals surface area contributed by atoms with Crippen molar-refractivity contribution in [3.63, 3.8) is 0 Å². The first-order valence-corrected chi connectivity index (χ1v) is 11.2. The van der Waals surface area contributed by atoms with Crippen LogP contribution in [0.5, 0.6) is 0 Å². The van der Waals surface area contributed by atoms with Crippen molar-refractivity contribution < 1.29 is 0 Å². The Hall–Kier alpha value is -2.88. The summed E-state index contributed by atoms with van der Waals surface area (Å²) >= 11 is 12.5. The third-order valence-corrected chi connectivity index (χ3v) is 6.18. The maximum Gasteiger partial charge on any atom is 0.266 e. The molecule has 0 aliphatic heterocycles. The molecule has 0 atom stereocenters. The third kappa shape index (κ3) is 4.36. The number of halogens is 2. The molecule has 0 saturated carbocycles. The predicted octanol–water partition coefficient (Wildman–Crippen LogP) is 7.47. The van der Waals surface area contributed by atoms with E-state index in [9.17, 15) is 4.79 Å². The van der Waals surface area contributed by atoms with E-state index in [0.29, 0.717) is 32.5 Å². The van der Waals surface area contributed by atoms with Gasteiger partial charge in [-0.1, -0.05) is 80.4 Å². The van der Waals surface area contributed by atoms with Gasteiger partial charge in [-0.05, 0) is 65.4 Å². The zero-order valence-electron chi connectivity index (χ0n) is 18.5. The zero-order valence-corrected chi connectivity index (χ0v) is 20.0. The molecule has 0 bridgehead atoms. The quantitative estimate of drug-likeness (QED) is 0.316. The molecule has 1 heterocycles. The minimum atomic E-state index is -0.167. The SMILES string of the molecule is Cc1c(Cl)cccc1-n1c(/C=C/c2ccc(C(C)(C)C)cc2)nc2cc(Cl)ccc2c1=O. The lowest BCUT2D eigenvalue weighted by atomic mass is 9.87. The molecule has 4 rings (SSSR count). The van der Waals surface area contributed by atoms with Gasteiger partial charge in [0, 0.05) is 10.0 Å². The van der Waals surface area contributed by atoms with Gasteiger partial charge in [0.1, 0.15) is 5.82 Å². The monoisotopic (exact) mass is 462 g/mol. The van der Waals surface area contributed by atoms with Crippen LogP contribution >= 0.6 is 23.2 Å². The second-order valence-electron chi connectivity index (χ2n) is 8.86. The van der Waals surface area contributed by atoms with Gasteiger partial charge in [-0.3, -0.25) is 9.36 Å². The molecule has 32 heavy (non-hydrogen) atoms. The lowest BCUT2D eigenvalue weighted by Gasteiger charge is -2.18. The van der Waals surface area contributed by atoms with Crippen LogP contribution in [0.4, 0.5) is 0 Å². The second kappa shape index (κ2) is 8.57. The molecule has 0 unspecified atom stereocenters. The van der Waals surface area contributed by atoms with E-state index < -0.39 is 0 Å². The second-order valence-corrected chi connectivity index (χ2v) is 9.70. The first-order valence-electron chi connectivity index (χ1n) is 10.4. The van der Waals surface area contributed by atoms with Gasteiger partial charge < -0.3 is 0 Å². The van der Waals surface area contributed by atoms with Crippen LogP contribution in [0.25, 0.3) is 28.7 Å². The van der Waals surface area contributed by atoms with Crippen LogP contribution in [0, 0.1) is 6.92 Å². The summed E-state index contributed by atoms with van der Waals surface area (Å²) in [5, 5.41) is 1.63. The number of benzene rings is 3. The van der Waals surface area contributed by atoms with E-state index >= 15 is 0 Å². The van der Waals surface area contributed by atoms with Crippen LogP contribution in [-0.4, -0.2) is 9.55 Å². The highest BCUT2D eigenvalue weighted by atomic mass is 35.5. The van der Waals surface area contributed by atoms with E-state index in [4.69, 9.17) is 28.2 Å². The molecule has 162 valence electrons. The Kier molecular flexibility index (Phi) is 5.98. The Balaban J connectivity index is 1.90. The highest BCUT2D eigenvalue weighted by Crippen LogP contribution is 2.25. The summed E-state index contributed by atoms with van der Waals surface area (Å²) in [5.41, 5.74) is 4.28. The van der Waals surface area contributed by atoms with Gasteiger partial charge in [0.25, 0.3) is 5.56 Å². The molecular weight excluding hydrogens is 439 g/mol. The van der Waals surface area contributed by atoms with E-state index in [2.05, 4.69) is 45.0 Å². The van der Waals surface area contributed by atoms with Crippen LogP contribution in [0.15, 0.2) is 65.5 Å². The fourth-order valence-electron chi connectivity index (χ4n) is 3.62. The lowest BCUT2D eigenvalue weighted by molar-refractivity contribution is 0.590. The number of hydrogen-bond donors (Lipinski definition) is 0. The third-order valence-electron chi connectivity index (χ3n) is 5.54. The Morgan fingerprint density at radius 1 is 0.938 bits per heavy atom. The summed E-state index contributed by atoms with van der Waals surface area (Å²) < 4.78 is 1.61. The zero-order chi connectivity index (χ0) is 23.0. The largest absolute Gasteiger partial charge is 0.268 e. The van der Waals surface area contributed by atoms with Gasteiger partial charge >= 0.3 is 0 Å². The molecule has 0 N–H and O–H groups in total. The fourth-order valence-corrected chi connectivity index (χ4v) is 3.96.